The molecule has 3 nitrogen and oxygen atoms in total. The van der Waals surface area contributed by atoms with Crippen molar-refractivity contribution in [3.63, 3.8) is 0 Å². The minimum atomic E-state index is -0.358. The van der Waals surface area contributed by atoms with Crippen molar-refractivity contribution >= 4 is 0 Å². The molecule has 1 aliphatic carbocycles. The molecule has 1 unspecified atom stereocenters. The van der Waals surface area contributed by atoms with Crippen LogP contribution in [-0.4, -0.2) is 37.5 Å². The molecule has 1 rings (SSSR count). The van der Waals surface area contributed by atoms with Crippen molar-refractivity contribution in [1.82, 2.24) is 5.32 Å². The van der Waals surface area contributed by atoms with Crippen LogP contribution in [0.4, 0.5) is 0 Å². The lowest BCUT2D eigenvalue weighted by molar-refractivity contribution is 0.0623. The Kier molecular flexibility index (Phi) is 6.15. The summed E-state index contributed by atoms with van der Waals surface area (Å²) in [7, 11) is 1.62. The zero-order valence-corrected chi connectivity index (χ0v) is 9.17. The van der Waals surface area contributed by atoms with E-state index in [0.29, 0.717) is 19.2 Å². The molecular formula is C11H23NO2. The Hall–Kier alpha value is -0.120. The van der Waals surface area contributed by atoms with E-state index in [2.05, 4.69) is 5.32 Å². The third-order valence-corrected chi connectivity index (χ3v) is 2.86. The van der Waals surface area contributed by atoms with Gasteiger partial charge in [0.25, 0.3) is 0 Å². The molecule has 0 amide bonds. The van der Waals surface area contributed by atoms with Crippen LogP contribution in [0.5, 0.6) is 0 Å². The van der Waals surface area contributed by atoms with Crippen molar-refractivity contribution in [2.24, 2.45) is 0 Å². The summed E-state index contributed by atoms with van der Waals surface area (Å²) in [5, 5.41) is 12.9. The molecule has 1 atom stereocenters. The number of ether oxygens (including phenoxy) is 1. The monoisotopic (exact) mass is 201 g/mol. The third-order valence-electron chi connectivity index (χ3n) is 2.86. The average Bonchev–Trinajstić information content (AvgIpc) is 2.43. The smallest absolute Gasteiger partial charge is 0.0897 e. The number of hydrogen-bond donors (Lipinski definition) is 2. The van der Waals surface area contributed by atoms with Gasteiger partial charge < -0.3 is 15.2 Å². The van der Waals surface area contributed by atoms with Crippen LogP contribution in [0.15, 0.2) is 0 Å². The number of hydrogen-bond acceptors (Lipinski definition) is 3. The molecule has 1 fully saturated rings. The van der Waals surface area contributed by atoms with E-state index in [1.54, 1.807) is 7.11 Å². The fraction of sp³-hybridized carbons (Fsp3) is 1.00. The first-order chi connectivity index (χ1) is 6.83. The average molecular weight is 201 g/mol. The van der Waals surface area contributed by atoms with Crippen LogP contribution in [-0.2, 0) is 4.74 Å². The first-order valence-corrected chi connectivity index (χ1v) is 5.73. The predicted octanol–water partition coefficient (Wildman–Crippen LogP) is 1.31. The van der Waals surface area contributed by atoms with E-state index >= 15 is 0 Å². The lowest BCUT2D eigenvalue weighted by Gasteiger charge is -2.18. The summed E-state index contributed by atoms with van der Waals surface area (Å²) in [5.74, 6) is 0. The summed E-state index contributed by atoms with van der Waals surface area (Å²) in [6.45, 7) is 1.10. The van der Waals surface area contributed by atoms with Crippen LogP contribution < -0.4 is 5.32 Å². The van der Waals surface area contributed by atoms with Crippen LogP contribution in [0.3, 0.4) is 0 Å². The van der Waals surface area contributed by atoms with Crippen molar-refractivity contribution in [2.45, 2.75) is 50.7 Å². The minimum absolute atomic E-state index is 0.358. The highest BCUT2D eigenvalue weighted by Gasteiger charge is 2.12. The second-order valence-electron chi connectivity index (χ2n) is 4.21. The Labute approximate surface area is 86.8 Å². The topological polar surface area (TPSA) is 41.5 Å². The number of aliphatic hydroxyl groups excluding tert-OH is 1. The molecule has 0 aromatic rings. The molecule has 1 saturated carbocycles. The maximum Gasteiger partial charge on any atom is 0.0897 e. The summed E-state index contributed by atoms with van der Waals surface area (Å²) in [6, 6.07) is 0.615. The molecule has 0 bridgehead atoms. The molecule has 0 aromatic heterocycles. The zero-order valence-electron chi connectivity index (χ0n) is 9.17. The van der Waals surface area contributed by atoms with Crippen molar-refractivity contribution < 1.29 is 9.84 Å². The Morgan fingerprint density at radius 1 is 1.29 bits per heavy atom. The molecule has 2 N–H and O–H groups in total. The molecule has 0 aliphatic heterocycles. The first kappa shape index (κ1) is 12.0. The Morgan fingerprint density at radius 3 is 2.50 bits per heavy atom. The van der Waals surface area contributed by atoms with Gasteiger partial charge in [0.05, 0.1) is 12.7 Å². The standard InChI is InChI=1S/C11H23NO2/c1-14-9-11(13)8-12-10-6-4-2-3-5-7-10/h10-13H,2-9H2,1H3. The van der Waals surface area contributed by atoms with Gasteiger partial charge in [-0.1, -0.05) is 25.7 Å². The number of rotatable bonds is 5. The normalized spacial score (nSPS) is 21.9. The van der Waals surface area contributed by atoms with Crippen molar-refractivity contribution in [3.8, 4) is 0 Å². The summed E-state index contributed by atoms with van der Waals surface area (Å²) in [4.78, 5) is 0. The molecule has 0 radical (unpaired) electrons. The van der Waals surface area contributed by atoms with Crippen molar-refractivity contribution in [2.75, 3.05) is 20.3 Å². The maximum absolute atomic E-state index is 9.46. The third kappa shape index (κ3) is 4.94. The van der Waals surface area contributed by atoms with Gasteiger partial charge in [0, 0.05) is 19.7 Å². The number of aliphatic hydroxyl groups is 1. The predicted molar refractivity (Wildman–Crippen MR) is 57.4 cm³/mol. The van der Waals surface area contributed by atoms with Crippen molar-refractivity contribution in [1.29, 1.82) is 0 Å². The van der Waals surface area contributed by atoms with E-state index < -0.39 is 0 Å². The van der Waals surface area contributed by atoms with Gasteiger partial charge in [0.15, 0.2) is 0 Å². The molecule has 0 aromatic carbocycles. The Bertz CT molecular complexity index is 133. The van der Waals surface area contributed by atoms with E-state index in [1.165, 1.54) is 38.5 Å². The van der Waals surface area contributed by atoms with Gasteiger partial charge >= 0.3 is 0 Å². The fourth-order valence-electron chi connectivity index (χ4n) is 2.04. The highest BCUT2D eigenvalue weighted by atomic mass is 16.5. The minimum Gasteiger partial charge on any atom is -0.389 e. The molecule has 0 spiro atoms. The van der Waals surface area contributed by atoms with E-state index in [0.717, 1.165) is 0 Å². The van der Waals surface area contributed by atoms with Crippen molar-refractivity contribution in [3.05, 3.63) is 0 Å². The lowest BCUT2D eigenvalue weighted by Crippen LogP contribution is -2.37. The number of nitrogens with one attached hydrogen (secondary N) is 1. The number of methoxy groups -OCH3 is 1. The van der Waals surface area contributed by atoms with E-state index in [-0.39, 0.29) is 6.10 Å². The van der Waals surface area contributed by atoms with E-state index in [1.807, 2.05) is 0 Å². The molecule has 1 aliphatic rings. The highest BCUT2D eigenvalue weighted by molar-refractivity contribution is 4.72. The van der Waals surface area contributed by atoms with E-state index in [4.69, 9.17) is 4.74 Å². The van der Waals surface area contributed by atoms with Crippen LogP contribution in [0.1, 0.15) is 38.5 Å². The Morgan fingerprint density at radius 2 is 1.93 bits per heavy atom. The highest BCUT2D eigenvalue weighted by Crippen LogP contribution is 2.16. The van der Waals surface area contributed by atoms with Crippen LogP contribution in [0.25, 0.3) is 0 Å². The van der Waals surface area contributed by atoms with E-state index in [9.17, 15) is 5.11 Å². The maximum atomic E-state index is 9.46. The van der Waals surface area contributed by atoms with Crippen LogP contribution >= 0.6 is 0 Å². The van der Waals surface area contributed by atoms with Gasteiger partial charge in [-0.15, -0.1) is 0 Å². The second kappa shape index (κ2) is 7.21. The van der Waals surface area contributed by atoms with Gasteiger partial charge in [-0.3, -0.25) is 0 Å². The zero-order chi connectivity index (χ0) is 10.2. The molecule has 0 heterocycles. The van der Waals surface area contributed by atoms with Gasteiger partial charge in [-0.25, -0.2) is 0 Å². The largest absolute Gasteiger partial charge is 0.389 e. The van der Waals surface area contributed by atoms with Gasteiger partial charge in [-0.2, -0.15) is 0 Å². The quantitative estimate of drug-likeness (QED) is 0.659. The molecule has 84 valence electrons. The van der Waals surface area contributed by atoms with Gasteiger partial charge in [-0.05, 0) is 12.8 Å². The van der Waals surface area contributed by atoms with Gasteiger partial charge in [0.2, 0.25) is 0 Å². The second-order valence-corrected chi connectivity index (χ2v) is 4.21. The molecule has 3 heteroatoms. The van der Waals surface area contributed by atoms with Crippen LogP contribution in [0, 0.1) is 0 Å². The summed E-state index contributed by atoms with van der Waals surface area (Å²) in [5.41, 5.74) is 0. The summed E-state index contributed by atoms with van der Waals surface area (Å²) in [6.07, 6.45) is 7.58. The lowest BCUT2D eigenvalue weighted by atomic mass is 10.1. The molecule has 0 saturated heterocycles. The molecule has 14 heavy (non-hydrogen) atoms. The Balaban J connectivity index is 2.09. The summed E-state index contributed by atoms with van der Waals surface area (Å²) >= 11 is 0. The first-order valence-electron chi connectivity index (χ1n) is 5.73. The summed E-state index contributed by atoms with van der Waals surface area (Å²) < 4.78 is 4.88. The van der Waals surface area contributed by atoms with Gasteiger partial charge in [0.1, 0.15) is 0 Å². The molecular weight excluding hydrogens is 178 g/mol. The van der Waals surface area contributed by atoms with Crippen LogP contribution in [0.2, 0.25) is 0 Å². The fourth-order valence-corrected chi connectivity index (χ4v) is 2.04. The SMILES string of the molecule is COCC(O)CNC1CCCCCC1.